The van der Waals surface area contributed by atoms with Gasteiger partial charge in [0.15, 0.2) is 6.29 Å². The Labute approximate surface area is 85.7 Å². The van der Waals surface area contributed by atoms with Crippen molar-refractivity contribution in [3.05, 3.63) is 10.4 Å². The molecule has 1 rings (SSSR count). The summed E-state index contributed by atoms with van der Waals surface area (Å²) in [6.07, 6.45) is -4.56. The van der Waals surface area contributed by atoms with Crippen LogP contribution in [0.1, 0.15) is 0 Å². The Hall–Kier alpha value is -0.890. The van der Waals surface area contributed by atoms with Gasteiger partial charge < -0.3 is 24.8 Å². The van der Waals surface area contributed by atoms with Gasteiger partial charge in [0.05, 0.1) is 12.7 Å². The van der Waals surface area contributed by atoms with E-state index in [0.717, 1.165) is 0 Å². The molecule has 86 valence electrons. The minimum absolute atomic E-state index is 0.457. The highest BCUT2D eigenvalue weighted by Crippen LogP contribution is 2.23. The van der Waals surface area contributed by atoms with E-state index in [0.29, 0.717) is 0 Å². The predicted molar refractivity (Wildman–Crippen MR) is 47.7 cm³/mol. The van der Waals surface area contributed by atoms with E-state index in [1.807, 2.05) is 0 Å². The molecule has 1 heterocycles. The second-order valence-electron chi connectivity index (χ2n) is 3.14. The van der Waals surface area contributed by atoms with Crippen molar-refractivity contribution < 1.29 is 24.8 Å². The molecular formula is C7H13N3O5. The van der Waals surface area contributed by atoms with E-state index in [-0.39, 0.29) is 0 Å². The van der Waals surface area contributed by atoms with Gasteiger partial charge in [-0.2, -0.15) is 0 Å². The Morgan fingerprint density at radius 1 is 1.47 bits per heavy atom. The molecule has 1 aliphatic heterocycles. The van der Waals surface area contributed by atoms with Gasteiger partial charge in [-0.15, -0.1) is 0 Å². The molecule has 1 aliphatic rings. The maximum Gasteiger partial charge on any atom is 0.168 e. The lowest BCUT2D eigenvalue weighted by molar-refractivity contribution is -0.257. The fourth-order valence-corrected chi connectivity index (χ4v) is 1.44. The Morgan fingerprint density at radius 3 is 2.60 bits per heavy atom. The van der Waals surface area contributed by atoms with Crippen molar-refractivity contribution in [1.82, 2.24) is 0 Å². The van der Waals surface area contributed by atoms with Crippen LogP contribution < -0.4 is 0 Å². The van der Waals surface area contributed by atoms with Crippen molar-refractivity contribution in [1.29, 1.82) is 0 Å². The summed E-state index contributed by atoms with van der Waals surface area (Å²) in [4.78, 5) is 2.52. The third-order valence-corrected chi connectivity index (χ3v) is 2.27. The van der Waals surface area contributed by atoms with E-state index in [9.17, 15) is 10.2 Å². The topological polar surface area (TPSA) is 128 Å². The van der Waals surface area contributed by atoms with Crippen LogP contribution >= 0.6 is 0 Å². The first-order chi connectivity index (χ1) is 7.15. The van der Waals surface area contributed by atoms with Crippen LogP contribution in [0.25, 0.3) is 10.4 Å². The van der Waals surface area contributed by atoms with Crippen molar-refractivity contribution in [2.24, 2.45) is 5.11 Å². The molecule has 5 atom stereocenters. The van der Waals surface area contributed by atoms with Crippen LogP contribution in [0.15, 0.2) is 5.11 Å². The summed E-state index contributed by atoms with van der Waals surface area (Å²) in [5, 5.41) is 31.2. The zero-order valence-corrected chi connectivity index (χ0v) is 8.09. The Bertz CT molecular complexity index is 255. The van der Waals surface area contributed by atoms with Crippen molar-refractivity contribution in [2.75, 3.05) is 13.7 Å². The standard InChI is InChI=1S/C7H13N3O5/c1-14-7-4(9-10-8)6(13)5(12)3(2-11)15-7/h3-7,11-13H,2H2,1H3/t3-,4-,5+,6+,7-/m1/s1. The largest absolute Gasteiger partial charge is 0.394 e. The highest BCUT2D eigenvalue weighted by Gasteiger charge is 2.43. The fraction of sp³-hybridized carbons (Fsp3) is 1.00. The average molecular weight is 219 g/mol. The molecule has 8 heteroatoms. The number of azide groups is 1. The molecule has 0 radical (unpaired) electrons. The van der Waals surface area contributed by atoms with Gasteiger partial charge in [-0.25, -0.2) is 0 Å². The molecule has 1 saturated heterocycles. The lowest BCUT2D eigenvalue weighted by Gasteiger charge is -2.39. The third-order valence-electron chi connectivity index (χ3n) is 2.27. The monoisotopic (exact) mass is 219 g/mol. The molecule has 0 aliphatic carbocycles. The summed E-state index contributed by atoms with van der Waals surface area (Å²) >= 11 is 0. The molecule has 0 unspecified atom stereocenters. The molecule has 0 aromatic rings. The molecular weight excluding hydrogens is 206 g/mol. The Morgan fingerprint density at radius 2 is 2.13 bits per heavy atom. The maximum absolute atomic E-state index is 9.59. The zero-order chi connectivity index (χ0) is 11.4. The van der Waals surface area contributed by atoms with Crippen LogP contribution in [-0.2, 0) is 9.47 Å². The van der Waals surface area contributed by atoms with E-state index in [1.165, 1.54) is 7.11 Å². The Kier molecular flexibility index (Phi) is 4.28. The van der Waals surface area contributed by atoms with Crippen LogP contribution in [-0.4, -0.2) is 59.7 Å². The summed E-state index contributed by atoms with van der Waals surface area (Å²) in [5.41, 5.74) is 8.26. The number of aliphatic hydroxyl groups is 3. The number of aliphatic hydroxyl groups excluding tert-OH is 3. The first-order valence-electron chi connectivity index (χ1n) is 4.35. The van der Waals surface area contributed by atoms with Crippen molar-refractivity contribution in [2.45, 2.75) is 30.6 Å². The number of rotatable bonds is 3. The van der Waals surface area contributed by atoms with Gasteiger partial charge in [0.25, 0.3) is 0 Å². The second kappa shape index (κ2) is 5.26. The quantitative estimate of drug-likeness (QED) is 0.310. The minimum Gasteiger partial charge on any atom is -0.394 e. The van der Waals surface area contributed by atoms with E-state index < -0.39 is 37.3 Å². The SMILES string of the molecule is CO[C@@H]1O[C@H](CO)[C@H](O)[C@@H](O)[C@H]1N=[N+]=[N-]. The van der Waals surface area contributed by atoms with E-state index in [2.05, 4.69) is 10.0 Å². The lowest BCUT2D eigenvalue weighted by atomic mass is 9.98. The summed E-state index contributed by atoms with van der Waals surface area (Å²) in [5.74, 6) is 0. The number of ether oxygens (including phenoxy) is 2. The minimum atomic E-state index is -1.32. The first kappa shape index (κ1) is 12.2. The van der Waals surface area contributed by atoms with Crippen LogP contribution in [0.4, 0.5) is 0 Å². The molecule has 15 heavy (non-hydrogen) atoms. The summed E-state index contributed by atoms with van der Waals surface area (Å²) < 4.78 is 9.92. The maximum atomic E-state index is 9.59. The molecule has 0 bridgehead atoms. The van der Waals surface area contributed by atoms with Gasteiger partial charge in [0.1, 0.15) is 18.2 Å². The van der Waals surface area contributed by atoms with Gasteiger partial charge in [-0.3, -0.25) is 0 Å². The van der Waals surface area contributed by atoms with Crippen LogP contribution in [0.2, 0.25) is 0 Å². The van der Waals surface area contributed by atoms with Crippen molar-refractivity contribution in [3.8, 4) is 0 Å². The molecule has 0 aromatic carbocycles. The number of hydrogen-bond donors (Lipinski definition) is 3. The summed E-state index contributed by atoms with van der Waals surface area (Å²) in [6, 6.07) is -1.03. The number of methoxy groups -OCH3 is 1. The molecule has 0 amide bonds. The van der Waals surface area contributed by atoms with Gasteiger partial charge >= 0.3 is 0 Å². The van der Waals surface area contributed by atoms with Crippen LogP contribution in [0.5, 0.6) is 0 Å². The molecule has 0 spiro atoms. The van der Waals surface area contributed by atoms with E-state index >= 15 is 0 Å². The van der Waals surface area contributed by atoms with E-state index in [4.69, 9.17) is 20.1 Å². The molecule has 1 fully saturated rings. The predicted octanol–water partition coefficient (Wildman–Crippen LogP) is -1.25. The van der Waals surface area contributed by atoms with Crippen molar-refractivity contribution in [3.63, 3.8) is 0 Å². The zero-order valence-electron chi connectivity index (χ0n) is 8.09. The first-order valence-corrected chi connectivity index (χ1v) is 4.35. The van der Waals surface area contributed by atoms with Gasteiger partial charge in [0.2, 0.25) is 0 Å². The highest BCUT2D eigenvalue weighted by atomic mass is 16.7. The second-order valence-corrected chi connectivity index (χ2v) is 3.14. The van der Waals surface area contributed by atoms with E-state index in [1.54, 1.807) is 0 Å². The normalized spacial score (nSPS) is 40.9. The highest BCUT2D eigenvalue weighted by molar-refractivity contribution is 4.93. The van der Waals surface area contributed by atoms with Gasteiger partial charge in [0, 0.05) is 12.0 Å². The molecule has 3 N–H and O–H groups in total. The van der Waals surface area contributed by atoms with Crippen LogP contribution in [0, 0.1) is 0 Å². The smallest absolute Gasteiger partial charge is 0.168 e. The molecule has 8 nitrogen and oxygen atoms in total. The average Bonchev–Trinajstić information content (AvgIpc) is 2.25. The third kappa shape index (κ3) is 2.37. The van der Waals surface area contributed by atoms with Gasteiger partial charge in [-0.05, 0) is 5.53 Å². The number of hydrogen-bond acceptors (Lipinski definition) is 6. The lowest BCUT2D eigenvalue weighted by Crippen LogP contribution is -2.58. The number of nitrogens with zero attached hydrogens (tertiary/aromatic N) is 3. The summed E-state index contributed by atoms with van der Waals surface area (Å²) in [7, 11) is 1.31. The van der Waals surface area contributed by atoms with Crippen molar-refractivity contribution >= 4 is 0 Å². The molecule has 0 aromatic heterocycles. The Balaban J connectivity index is 2.83. The molecule has 0 saturated carbocycles. The fourth-order valence-electron chi connectivity index (χ4n) is 1.44. The van der Waals surface area contributed by atoms with Crippen LogP contribution in [0.3, 0.4) is 0 Å². The summed E-state index contributed by atoms with van der Waals surface area (Å²) in [6.45, 7) is -0.457. The van der Waals surface area contributed by atoms with Gasteiger partial charge in [-0.1, -0.05) is 5.11 Å².